The fourth-order valence-electron chi connectivity index (χ4n) is 3.25. The number of methoxy groups -OCH3 is 1. The van der Waals surface area contributed by atoms with Crippen molar-refractivity contribution < 1.29 is 14.3 Å². The molecule has 2 aromatic rings. The van der Waals surface area contributed by atoms with Crippen molar-refractivity contribution in [3.05, 3.63) is 36.0 Å². The molecule has 5 nitrogen and oxygen atoms in total. The number of para-hydroxylation sites is 1. The molecule has 2 rings (SSSR count). The fourth-order valence-corrected chi connectivity index (χ4v) is 3.25. The third-order valence-electron chi connectivity index (χ3n) is 4.55. The minimum Gasteiger partial charge on any atom is -0.467 e. The predicted molar refractivity (Wildman–Crippen MR) is 99.3 cm³/mol. The molecule has 136 valence electrons. The number of nitrogens with one attached hydrogen (secondary N) is 2. The van der Waals surface area contributed by atoms with Crippen LogP contribution in [0.5, 0.6) is 0 Å². The van der Waals surface area contributed by atoms with Gasteiger partial charge in [-0.05, 0) is 24.5 Å². The Morgan fingerprint density at radius 2 is 1.84 bits per heavy atom. The van der Waals surface area contributed by atoms with Gasteiger partial charge in [0.05, 0.1) is 7.11 Å². The minimum absolute atomic E-state index is 0.0508. The quantitative estimate of drug-likeness (QED) is 0.683. The average Bonchev–Trinajstić information content (AvgIpc) is 3.03. The predicted octanol–water partition coefficient (Wildman–Crippen LogP) is 3.58. The van der Waals surface area contributed by atoms with Gasteiger partial charge in [-0.1, -0.05) is 44.9 Å². The van der Waals surface area contributed by atoms with E-state index in [-0.39, 0.29) is 11.8 Å². The lowest BCUT2D eigenvalue weighted by Gasteiger charge is -2.21. The second-order valence-corrected chi connectivity index (χ2v) is 6.42. The Labute approximate surface area is 149 Å². The Bertz CT molecular complexity index is 702. The molecule has 25 heavy (non-hydrogen) atoms. The molecule has 0 fully saturated rings. The van der Waals surface area contributed by atoms with Crippen molar-refractivity contribution in [1.82, 2.24) is 10.3 Å². The first-order chi connectivity index (χ1) is 12.1. The van der Waals surface area contributed by atoms with Gasteiger partial charge in [0.25, 0.3) is 0 Å². The SMILES string of the molecule is CCCC(CCC)C(=O)N[C@@H](Cc1c[nH]c2ccccc12)C(=O)OC. The van der Waals surface area contributed by atoms with Crippen LogP contribution in [0.1, 0.15) is 45.1 Å². The lowest BCUT2D eigenvalue weighted by molar-refractivity contribution is -0.145. The first-order valence-corrected chi connectivity index (χ1v) is 9.03. The Kier molecular flexibility index (Phi) is 7.04. The molecule has 1 aromatic carbocycles. The summed E-state index contributed by atoms with van der Waals surface area (Å²) in [5.41, 5.74) is 2.01. The third kappa shape index (κ3) is 4.84. The molecule has 1 amide bonds. The van der Waals surface area contributed by atoms with Crippen LogP contribution in [0.4, 0.5) is 0 Å². The van der Waals surface area contributed by atoms with Crippen molar-refractivity contribution in [3.63, 3.8) is 0 Å². The average molecular weight is 344 g/mol. The molecule has 0 saturated heterocycles. The Hall–Kier alpha value is -2.30. The van der Waals surface area contributed by atoms with Crippen LogP contribution in [-0.4, -0.2) is 30.0 Å². The summed E-state index contributed by atoms with van der Waals surface area (Å²) >= 11 is 0. The van der Waals surface area contributed by atoms with E-state index in [0.717, 1.165) is 42.1 Å². The smallest absolute Gasteiger partial charge is 0.328 e. The van der Waals surface area contributed by atoms with Gasteiger partial charge in [-0.2, -0.15) is 0 Å². The van der Waals surface area contributed by atoms with Crippen LogP contribution in [-0.2, 0) is 20.7 Å². The number of hydrogen-bond donors (Lipinski definition) is 2. The van der Waals surface area contributed by atoms with Crippen LogP contribution >= 0.6 is 0 Å². The molecule has 0 unspecified atom stereocenters. The highest BCUT2D eigenvalue weighted by Gasteiger charge is 2.26. The van der Waals surface area contributed by atoms with E-state index >= 15 is 0 Å². The van der Waals surface area contributed by atoms with Gasteiger partial charge in [0.1, 0.15) is 6.04 Å². The van der Waals surface area contributed by atoms with Gasteiger partial charge >= 0.3 is 5.97 Å². The number of carbonyl (C=O) groups excluding carboxylic acids is 2. The summed E-state index contributed by atoms with van der Waals surface area (Å²) in [5, 5.41) is 3.97. The highest BCUT2D eigenvalue weighted by Crippen LogP contribution is 2.20. The van der Waals surface area contributed by atoms with Crippen LogP contribution in [0.2, 0.25) is 0 Å². The second-order valence-electron chi connectivity index (χ2n) is 6.42. The molecule has 1 heterocycles. The molecule has 0 bridgehead atoms. The lowest BCUT2D eigenvalue weighted by atomic mass is 9.96. The molecule has 2 N–H and O–H groups in total. The molecule has 1 aromatic heterocycles. The molecule has 0 radical (unpaired) electrons. The zero-order valence-corrected chi connectivity index (χ0v) is 15.3. The van der Waals surface area contributed by atoms with Crippen LogP contribution in [0.25, 0.3) is 10.9 Å². The maximum atomic E-state index is 12.6. The summed E-state index contributed by atoms with van der Waals surface area (Å²) in [6.45, 7) is 4.14. The van der Waals surface area contributed by atoms with Gasteiger partial charge in [0.2, 0.25) is 5.91 Å². The van der Waals surface area contributed by atoms with Crippen molar-refractivity contribution in [2.24, 2.45) is 5.92 Å². The number of esters is 1. The van der Waals surface area contributed by atoms with Gasteiger partial charge < -0.3 is 15.0 Å². The molecule has 0 spiro atoms. The van der Waals surface area contributed by atoms with Gasteiger partial charge in [0.15, 0.2) is 0 Å². The summed E-state index contributed by atoms with van der Waals surface area (Å²) in [4.78, 5) is 28.0. The normalized spacial score (nSPS) is 12.3. The monoisotopic (exact) mass is 344 g/mol. The summed E-state index contributed by atoms with van der Waals surface area (Å²) < 4.78 is 4.91. The molecule has 0 aliphatic rings. The van der Waals surface area contributed by atoms with E-state index in [4.69, 9.17) is 4.74 Å². The number of ether oxygens (including phenoxy) is 1. The van der Waals surface area contributed by atoms with Crippen LogP contribution in [0, 0.1) is 5.92 Å². The summed E-state index contributed by atoms with van der Waals surface area (Å²) in [6, 6.07) is 7.25. The van der Waals surface area contributed by atoms with Gasteiger partial charge in [-0.25, -0.2) is 4.79 Å². The number of aromatic nitrogens is 1. The Morgan fingerprint density at radius 3 is 2.48 bits per heavy atom. The highest BCUT2D eigenvalue weighted by atomic mass is 16.5. The molecule has 0 saturated carbocycles. The fraction of sp³-hybridized carbons (Fsp3) is 0.500. The van der Waals surface area contributed by atoms with Crippen LogP contribution in [0.3, 0.4) is 0 Å². The van der Waals surface area contributed by atoms with E-state index in [1.54, 1.807) is 0 Å². The Balaban J connectivity index is 2.16. The number of fused-ring (bicyclic) bond motifs is 1. The van der Waals surface area contributed by atoms with Crippen molar-refractivity contribution in [2.75, 3.05) is 7.11 Å². The number of rotatable bonds is 9. The first-order valence-electron chi connectivity index (χ1n) is 9.03. The summed E-state index contributed by atoms with van der Waals surface area (Å²) in [6.07, 6.45) is 5.86. The van der Waals surface area contributed by atoms with Crippen LogP contribution in [0.15, 0.2) is 30.5 Å². The third-order valence-corrected chi connectivity index (χ3v) is 4.55. The number of H-pyrrole nitrogens is 1. The van der Waals surface area contributed by atoms with Gasteiger partial charge in [-0.15, -0.1) is 0 Å². The highest BCUT2D eigenvalue weighted by molar-refractivity contribution is 5.88. The standard InChI is InChI=1S/C20H28N2O3/c1-4-8-14(9-5-2)19(23)22-18(20(24)25-3)12-15-13-21-17-11-7-6-10-16(15)17/h6-7,10-11,13-14,18,21H,4-5,8-9,12H2,1-3H3,(H,22,23)/t18-/m0/s1. The number of amides is 1. The molecule has 5 heteroatoms. The topological polar surface area (TPSA) is 71.2 Å². The minimum atomic E-state index is -0.673. The van der Waals surface area contributed by atoms with E-state index in [0.29, 0.717) is 6.42 Å². The van der Waals surface area contributed by atoms with Gasteiger partial charge in [-0.3, -0.25) is 4.79 Å². The largest absolute Gasteiger partial charge is 0.467 e. The second kappa shape index (κ2) is 9.25. The van der Waals surface area contributed by atoms with E-state index < -0.39 is 12.0 Å². The number of hydrogen-bond acceptors (Lipinski definition) is 3. The zero-order chi connectivity index (χ0) is 18.2. The molecular formula is C20H28N2O3. The van der Waals surface area contributed by atoms with Crippen molar-refractivity contribution in [3.8, 4) is 0 Å². The first kappa shape index (κ1) is 19.0. The number of benzene rings is 1. The maximum absolute atomic E-state index is 12.6. The van der Waals surface area contributed by atoms with E-state index in [2.05, 4.69) is 24.1 Å². The van der Waals surface area contributed by atoms with E-state index in [1.807, 2.05) is 30.5 Å². The summed E-state index contributed by atoms with van der Waals surface area (Å²) in [7, 11) is 1.35. The van der Waals surface area contributed by atoms with E-state index in [1.165, 1.54) is 7.11 Å². The lowest BCUT2D eigenvalue weighted by Crippen LogP contribution is -2.45. The number of carbonyl (C=O) groups is 2. The maximum Gasteiger partial charge on any atom is 0.328 e. The zero-order valence-electron chi connectivity index (χ0n) is 15.3. The summed E-state index contributed by atoms with van der Waals surface area (Å²) in [5.74, 6) is -0.519. The molecule has 0 aliphatic heterocycles. The van der Waals surface area contributed by atoms with Crippen molar-refractivity contribution in [2.45, 2.75) is 52.0 Å². The molecular weight excluding hydrogens is 316 g/mol. The van der Waals surface area contributed by atoms with Crippen molar-refractivity contribution >= 4 is 22.8 Å². The van der Waals surface area contributed by atoms with Crippen LogP contribution < -0.4 is 5.32 Å². The molecule has 0 aliphatic carbocycles. The number of aromatic amines is 1. The molecule has 1 atom stereocenters. The van der Waals surface area contributed by atoms with Gasteiger partial charge in [0, 0.05) is 29.4 Å². The Morgan fingerprint density at radius 1 is 1.16 bits per heavy atom. The van der Waals surface area contributed by atoms with E-state index in [9.17, 15) is 9.59 Å². The van der Waals surface area contributed by atoms with Crippen molar-refractivity contribution in [1.29, 1.82) is 0 Å².